The molecule has 9 atom stereocenters. The van der Waals surface area contributed by atoms with Crippen LogP contribution >= 0.6 is 0 Å². The van der Waals surface area contributed by atoms with Gasteiger partial charge in [-0.15, -0.1) is 0 Å². The van der Waals surface area contributed by atoms with Crippen LogP contribution in [-0.2, 0) is 16.2 Å². The van der Waals surface area contributed by atoms with Gasteiger partial charge in [0.2, 0.25) is 0 Å². The zero-order chi connectivity index (χ0) is 40.5. The van der Waals surface area contributed by atoms with E-state index in [0.29, 0.717) is 5.41 Å². The molecule has 3 spiro atoms. The Labute approximate surface area is 365 Å². The van der Waals surface area contributed by atoms with Crippen molar-refractivity contribution in [3.8, 4) is 44.5 Å². The van der Waals surface area contributed by atoms with Gasteiger partial charge < -0.3 is 4.90 Å². The summed E-state index contributed by atoms with van der Waals surface area (Å²) in [6.45, 7) is 4.93. The third-order valence-electron chi connectivity index (χ3n) is 20.0. The Balaban J connectivity index is 0.793. The smallest absolute Gasteiger partial charge is 0.0465 e. The van der Waals surface area contributed by atoms with Crippen molar-refractivity contribution >= 4 is 17.1 Å². The summed E-state index contributed by atoms with van der Waals surface area (Å²) in [6.07, 6.45) is 9.85. The van der Waals surface area contributed by atoms with Gasteiger partial charge in [0.25, 0.3) is 0 Å². The number of hydrogen-bond donors (Lipinski definition) is 0. The Morgan fingerprint density at radius 1 is 0.419 bits per heavy atom. The minimum atomic E-state index is -0.146. The molecule has 0 saturated heterocycles. The van der Waals surface area contributed by atoms with Crippen LogP contribution < -0.4 is 4.90 Å². The van der Waals surface area contributed by atoms with E-state index in [1.54, 1.807) is 22.3 Å². The molecule has 2 bridgehead atoms. The van der Waals surface area contributed by atoms with E-state index in [1.165, 1.54) is 118 Å². The third kappa shape index (κ3) is 3.56. The molecule has 1 heteroatoms. The van der Waals surface area contributed by atoms with Crippen LogP contribution in [0.15, 0.2) is 152 Å². The molecule has 0 heterocycles. The van der Waals surface area contributed by atoms with Crippen LogP contribution in [0.25, 0.3) is 44.5 Å². The Kier molecular flexibility index (Phi) is 5.97. The van der Waals surface area contributed by atoms with Crippen molar-refractivity contribution in [2.45, 2.75) is 75.0 Å². The molecule has 6 unspecified atom stereocenters. The highest BCUT2D eigenvalue weighted by Crippen LogP contribution is 2.94. The maximum atomic E-state index is 2.66. The van der Waals surface area contributed by atoms with Crippen LogP contribution in [0.2, 0.25) is 0 Å². The lowest BCUT2D eigenvalue weighted by Crippen LogP contribution is -2.88. The average Bonchev–Trinajstić information content (AvgIpc) is 4.08. The van der Waals surface area contributed by atoms with E-state index >= 15 is 0 Å². The lowest BCUT2D eigenvalue weighted by molar-refractivity contribution is -0.412. The van der Waals surface area contributed by atoms with Crippen LogP contribution in [0.1, 0.15) is 92.2 Å². The highest BCUT2D eigenvalue weighted by molar-refractivity contribution is 5.91. The topological polar surface area (TPSA) is 3.24 Å². The Morgan fingerprint density at radius 2 is 0.968 bits per heavy atom. The maximum Gasteiger partial charge on any atom is 0.0465 e. The first-order valence-corrected chi connectivity index (χ1v) is 24.1. The van der Waals surface area contributed by atoms with Crippen LogP contribution in [0.5, 0.6) is 0 Å². The van der Waals surface area contributed by atoms with Crippen molar-refractivity contribution in [2.24, 2.45) is 40.9 Å². The van der Waals surface area contributed by atoms with Gasteiger partial charge in [-0.25, -0.2) is 0 Å². The van der Waals surface area contributed by atoms with Gasteiger partial charge in [0.05, 0.1) is 0 Å². The first kappa shape index (κ1) is 33.9. The molecular weight excluding hydrogens is 747 g/mol. The van der Waals surface area contributed by atoms with E-state index in [2.05, 4.69) is 170 Å². The fourth-order valence-corrected chi connectivity index (χ4v) is 17.7. The zero-order valence-corrected chi connectivity index (χ0v) is 35.8. The lowest BCUT2D eigenvalue weighted by atomic mass is 9.11. The van der Waals surface area contributed by atoms with E-state index in [4.69, 9.17) is 0 Å². The first-order valence-electron chi connectivity index (χ1n) is 24.1. The van der Waals surface area contributed by atoms with Crippen LogP contribution in [0.3, 0.4) is 0 Å². The molecule has 9 aliphatic rings. The summed E-state index contributed by atoms with van der Waals surface area (Å²) in [6, 6.07) is 59.8. The molecule has 9 aliphatic carbocycles. The zero-order valence-electron chi connectivity index (χ0n) is 35.8. The Morgan fingerprint density at radius 3 is 1.63 bits per heavy atom. The van der Waals surface area contributed by atoms with Crippen LogP contribution in [0, 0.1) is 40.9 Å². The predicted octanol–water partition coefficient (Wildman–Crippen LogP) is 15.2. The van der Waals surface area contributed by atoms with Crippen LogP contribution in [-0.4, -0.2) is 0 Å². The van der Waals surface area contributed by atoms with E-state index in [9.17, 15) is 0 Å². The molecule has 0 aliphatic heterocycles. The largest absolute Gasteiger partial charge is 0.310 e. The Bertz CT molecular complexity index is 3140. The SMILES string of the molecule is CC1(C)c2cc(-c3ccc4c(c3)C3(c5ccccc5-4)[C@@H]4CC5C[C@@H]6C[C@@H]3C564)ccc2-c2ccc(N(c3ccccc3)c3ccc4c(c3)C3(CC5CCC3C5)c3ccccc3-4)cc21. The molecule has 300 valence electrons. The maximum absolute atomic E-state index is 2.66. The number of nitrogens with zero attached hydrogens (tertiary/aromatic N) is 1. The summed E-state index contributed by atoms with van der Waals surface area (Å²) in [5, 5.41) is 0. The second-order valence-electron chi connectivity index (χ2n) is 22.0. The van der Waals surface area contributed by atoms with Crippen molar-refractivity contribution in [3.05, 3.63) is 185 Å². The van der Waals surface area contributed by atoms with Gasteiger partial charge in [-0.3, -0.25) is 0 Å². The molecular formula is C61H51N. The molecule has 7 aromatic carbocycles. The van der Waals surface area contributed by atoms with Crippen LogP contribution in [0.4, 0.5) is 17.1 Å². The van der Waals surface area contributed by atoms with Gasteiger partial charge in [0.1, 0.15) is 0 Å². The molecule has 0 N–H and O–H groups in total. The molecule has 0 aromatic heterocycles. The highest BCUT2D eigenvalue weighted by Gasteiger charge is 2.90. The molecule has 16 rings (SSSR count). The van der Waals surface area contributed by atoms with Gasteiger partial charge in [-0.1, -0.05) is 123 Å². The van der Waals surface area contributed by atoms with E-state index in [-0.39, 0.29) is 16.2 Å². The second-order valence-corrected chi connectivity index (χ2v) is 22.0. The fourth-order valence-electron chi connectivity index (χ4n) is 17.7. The van der Waals surface area contributed by atoms with Crippen molar-refractivity contribution in [3.63, 3.8) is 0 Å². The van der Waals surface area contributed by atoms with Gasteiger partial charge in [0, 0.05) is 33.3 Å². The monoisotopic (exact) mass is 797 g/mol. The molecule has 62 heavy (non-hydrogen) atoms. The normalized spacial score (nSPS) is 32.5. The third-order valence-corrected chi connectivity index (χ3v) is 20.0. The summed E-state index contributed by atoms with van der Waals surface area (Å²) in [4.78, 5) is 2.54. The van der Waals surface area contributed by atoms with Gasteiger partial charge >= 0.3 is 0 Å². The van der Waals surface area contributed by atoms with E-state index in [1.807, 2.05) is 0 Å². The molecule has 0 radical (unpaired) electrons. The second kappa shape index (κ2) is 10.9. The molecule has 6 fully saturated rings. The van der Waals surface area contributed by atoms with Crippen molar-refractivity contribution in [1.82, 2.24) is 0 Å². The van der Waals surface area contributed by atoms with Crippen molar-refractivity contribution in [1.29, 1.82) is 0 Å². The fraction of sp³-hybridized carbons (Fsp3) is 0.311. The van der Waals surface area contributed by atoms with Gasteiger partial charge in [-0.05, 0) is 206 Å². The summed E-state index contributed by atoms with van der Waals surface area (Å²) in [5.74, 6) is 5.33. The van der Waals surface area contributed by atoms with Gasteiger partial charge in [0.15, 0.2) is 0 Å². The lowest BCUT2D eigenvalue weighted by Gasteiger charge is -2.92. The van der Waals surface area contributed by atoms with Crippen molar-refractivity contribution in [2.75, 3.05) is 4.90 Å². The number of anilines is 3. The van der Waals surface area contributed by atoms with E-state index < -0.39 is 0 Å². The Hall–Kier alpha value is -5.66. The number of para-hydroxylation sites is 1. The highest BCUT2D eigenvalue weighted by atomic mass is 15.1. The number of rotatable bonds is 4. The summed E-state index contributed by atoms with van der Waals surface area (Å²) < 4.78 is 0. The first-order chi connectivity index (χ1) is 30.4. The summed E-state index contributed by atoms with van der Waals surface area (Å²) >= 11 is 0. The molecule has 1 nitrogen and oxygen atoms in total. The number of benzene rings is 7. The average molecular weight is 798 g/mol. The van der Waals surface area contributed by atoms with Crippen molar-refractivity contribution < 1.29 is 0 Å². The van der Waals surface area contributed by atoms with E-state index in [0.717, 1.165) is 35.5 Å². The summed E-state index contributed by atoms with van der Waals surface area (Å²) in [5.41, 5.74) is 25.4. The molecule has 0 amide bonds. The number of hydrogen-bond acceptors (Lipinski definition) is 1. The quantitative estimate of drug-likeness (QED) is 0.171. The molecule has 6 saturated carbocycles. The summed E-state index contributed by atoms with van der Waals surface area (Å²) in [7, 11) is 0. The minimum absolute atomic E-state index is 0.146. The van der Waals surface area contributed by atoms with Gasteiger partial charge in [-0.2, -0.15) is 0 Å². The predicted molar refractivity (Wildman–Crippen MR) is 252 cm³/mol. The number of fused-ring (bicyclic) bond motifs is 18. The standard InChI is InChI=1S/C61H51N/c1-58(2)52-27-36(37-18-23-49-45-13-7-9-15-51(45)61(55(49)28-37)56-30-39-29-40-31-57(61)60(39,40)56)17-22-46(52)47-24-20-42(32-53(47)58)62(41-10-4-3-5-11-41)43-21-25-48-44-12-6-8-14-50(44)59(54(48)33-43)34-35-16-19-38(59)26-35/h3-15,17-18,20-25,27-28,32-33,35,38-40,56-57H,16,19,26,29-31,34H2,1-2H3/t35?,38?,39-,40?,56-,57-,59?,60?,61?/m1/s1. The minimum Gasteiger partial charge on any atom is -0.310 e. The molecule has 7 aromatic rings.